The molecule has 1 aliphatic heterocycles. The van der Waals surface area contributed by atoms with E-state index in [1.165, 1.54) is 22.1 Å². The number of nitrogens with zero attached hydrogens (tertiary/aromatic N) is 2. The van der Waals surface area contributed by atoms with E-state index in [0.717, 1.165) is 60.9 Å². The molecular formula is C47H32N4O. The molecule has 2 N–H and O–H groups in total. The summed E-state index contributed by atoms with van der Waals surface area (Å²) in [6.07, 6.45) is 2.04. The number of hydrogen-bond donors (Lipinski definition) is 2. The van der Waals surface area contributed by atoms with Gasteiger partial charge in [0.1, 0.15) is 11.7 Å². The number of para-hydroxylation sites is 1. The number of hydrogen-bond acceptors (Lipinski definition) is 4. The highest BCUT2D eigenvalue weighted by molar-refractivity contribution is 6.21. The van der Waals surface area contributed by atoms with Crippen molar-refractivity contribution < 1.29 is 4.42 Å². The van der Waals surface area contributed by atoms with E-state index < -0.39 is 0 Å². The van der Waals surface area contributed by atoms with Gasteiger partial charge in [0.25, 0.3) is 0 Å². The van der Waals surface area contributed by atoms with Crippen molar-refractivity contribution >= 4 is 49.4 Å². The second-order valence-corrected chi connectivity index (χ2v) is 13.4. The van der Waals surface area contributed by atoms with Crippen LogP contribution in [-0.2, 0) is 0 Å². The van der Waals surface area contributed by atoms with Crippen LogP contribution in [-0.4, -0.2) is 4.57 Å². The Morgan fingerprint density at radius 2 is 1.33 bits per heavy atom. The van der Waals surface area contributed by atoms with Gasteiger partial charge in [-0.25, -0.2) is 0 Å². The molecule has 0 aliphatic carbocycles. The molecule has 2 unspecified atom stereocenters. The van der Waals surface area contributed by atoms with Gasteiger partial charge >= 0.3 is 0 Å². The molecule has 246 valence electrons. The molecule has 2 aromatic heterocycles. The van der Waals surface area contributed by atoms with E-state index in [0.29, 0.717) is 5.56 Å². The van der Waals surface area contributed by atoms with Crippen molar-refractivity contribution in [2.75, 3.05) is 0 Å². The summed E-state index contributed by atoms with van der Waals surface area (Å²) in [6, 6.07) is 59.3. The van der Waals surface area contributed by atoms with Gasteiger partial charge in [0.15, 0.2) is 5.58 Å². The Hall–Kier alpha value is -6.87. The summed E-state index contributed by atoms with van der Waals surface area (Å²) in [5.41, 5.74) is 12.3. The molecule has 0 saturated carbocycles. The average molecular weight is 669 g/mol. The Kier molecular flexibility index (Phi) is 7.02. The van der Waals surface area contributed by atoms with Crippen molar-refractivity contribution in [2.24, 2.45) is 0 Å². The molecule has 5 nitrogen and oxygen atoms in total. The first-order chi connectivity index (χ1) is 25.7. The summed E-state index contributed by atoms with van der Waals surface area (Å²) in [5.74, 6) is 0. The number of nitriles is 1. The summed E-state index contributed by atoms with van der Waals surface area (Å²) < 4.78 is 9.00. The molecule has 0 bridgehead atoms. The van der Waals surface area contributed by atoms with E-state index in [-0.39, 0.29) is 12.2 Å². The predicted octanol–water partition coefficient (Wildman–Crippen LogP) is 11.2. The van der Waals surface area contributed by atoms with Crippen molar-refractivity contribution in [2.45, 2.75) is 12.2 Å². The van der Waals surface area contributed by atoms with Gasteiger partial charge in [-0.15, -0.1) is 0 Å². The third-order valence-corrected chi connectivity index (χ3v) is 10.3. The molecule has 9 aromatic rings. The highest BCUT2D eigenvalue weighted by atomic mass is 16.3. The number of furan rings is 1. The van der Waals surface area contributed by atoms with E-state index >= 15 is 0 Å². The lowest BCUT2D eigenvalue weighted by Gasteiger charge is -2.33. The fourth-order valence-corrected chi connectivity index (χ4v) is 7.78. The maximum Gasteiger partial charge on any atom is 0.160 e. The molecule has 0 saturated heterocycles. The monoisotopic (exact) mass is 668 g/mol. The van der Waals surface area contributed by atoms with Gasteiger partial charge in [0, 0.05) is 32.9 Å². The van der Waals surface area contributed by atoms with Crippen molar-refractivity contribution in [3.8, 4) is 22.9 Å². The molecule has 0 radical (unpaired) electrons. The Labute approximate surface area is 300 Å². The minimum absolute atomic E-state index is 0.0228. The summed E-state index contributed by atoms with van der Waals surface area (Å²) in [4.78, 5) is 0. The van der Waals surface area contributed by atoms with Crippen LogP contribution in [0.5, 0.6) is 0 Å². The van der Waals surface area contributed by atoms with Crippen LogP contribution in [0.25, 0.3) is 66.3 Å². The van der Waals surface area contributed by atoms with E-state index in [1.807, 2.05) is 36.4 Å². The lowest BCUT2D eigenvalue weighted by Crippen LogP contribution is -2.39. The molecule has 1 aliphatic rings. The zero-order chi connectivity index (χ0) is 34.6. The standard InChI is InChI=1S/C47H32N4O/c48-29-30-10-9-15-35(26-30)42-28-41(32-13-5-2-6-14-32)49-47(50-42)33-18-21-36(22-19-33)51-43-25-20-34(31-11-3-1-4-12-31)27-40(43)38-23-24-39-37-16-7-8-17-44(37)52-46(39)45(38)51/h1-28,41,47,49-50H. The number of benzene rings is 7. The molecule has 0 amide bonds. The van der Waals surface area contributed by atoms with E-state index in [9.17, 15) is 5.26 Å². The minimum atomic E-state index is -0.168. The van der Waals surface area contributed by atoms with Crippen LogP contribution in [0.3, 0.4) is 0 Å². The summed E-state index contributed by atoms with van der Waals surface area (Å²) in [6.45, 7) is 0. The summed E-state index contributed by atoms with van der Waals surface area (Å²) in [5, 5.41) is 21.7. The molecule has 0 fully saturated rings. The normalized spacial score (nSPS) is 15.9. The average Bonchev–Trinajstić information content (AvgIpc) is 3.77. The van der Waals surface area contributed by atoms with E-state index in [4.69, 9.17) is 4.42 Å². The van der Waals surface area contributed by atoms with Crippen LogP contribution < -0.4 is 10.6 Å². The molecule has 5 heteroatoms. The fraction of sp³-hybridized carbons (Fsp3) is 0.0426. The molecule has 0 spiro atoms. The zero-order valence-electron chi connectivity index (χ0n) is 28.1. The highest BCUT2D eigenvalue weighted by Gasteiger charge is 2.25. The first kappa shape index (κ1) is 30.0. The zero-order valence-corrected chi connectivity index (χ0v) is 28.1. The number of nitrogens with one attached hydrogen (secondary N) is 2. The topological polar surface area (TPSA) is 65.9 Å². The fourth-order valence-electron chi connectivity index (χ4n) is 7.78. The Morgan fingerprint density at radius 3 is 2.15 bits per heavy atom. The Morgan fingerprint density at radius 1 is 0.577 bits per heavy atom. The first-order valence-corrected chi connectivity index (χ1v) is 17.6. The van der Waals surface area contributed by atoms with Gasteiger partial charge in [0.2, 0.25) is 0 Å². The molecule has 3 heterocycles. The largest absolute Gasteiger partial charge is 0.454 e. The highest BCUT2D eigenvalue weighted by Crippen LogP contribution is 2.41. The van der Waals surface area contributed by atoms with E-state index in [2.05, 4.69) is 155 Å². The Balaban J connectivity index is 1.11. The maximum atomic E-state index is 9.61. The quantitative estimate of drug-likeness (QED) is 0.192. The van der Waals surface area contributed by atoms with E-state index in [1.54, 1.807) is 0 Å². The third-order valence-electron chi connectivity index (χ3n) is 10.3. The van der Waals surface area contributed by atoms with Crippen molar-refractivity contribution in [1.29, 1.82) is 5.26 Å². The summed E-state index contributed by atoms with van der Waals surface area (Å²) in [7, 11) is 0. The maximum absolute atomic E-state index is 9.61. The molecule has 2 atom stereocenters. The lowest BCUT2D eigenvalue weighted by atomic mass is 9.98. The number of fused-ring (bicyclic) bond motifs is 7. The number of aromatic nitrogens is 1. The van der Waals surface area contributed by atoms with Crippen molar-refractivity contribution in [1.82, 2.24) is 15.2 Å². The van der Waals surface area contributed by atoms with Gasteiger partial charge < -0.3 is 14.3 Å². The van der Waals surface area contributed by atoms with Crippen LogP contribution in [0.4, 0.5) is 0 Å². The first-order valence-electron chi connectivity index (χ1n) is 17.6. The molecular weight excluding hydrogens is 637 g/mol. The van der Waals surface area contributed by atoms with Crippen molar-refractivity contribution in [3.63, 3.8) is 0 Å². The van der Waals surface area contributed by atoms with Gasteiger partial charge in [0.05, 0.1) is 28.7 Å². The minimum Gasteiger partial charge on any atom is -0.454 e. The second kappa shape index (κ2) is 12.2. The second-order valence-electron chi connectivity index (χ2n) is 13.4. The smallest absolute Gasteiger partial charge is 0.160 e. The van der Waals surface area contributed by atoms with Gasteiger partial charge in [-0.05, 0) is 82.4 Å². The van der Waals surface area contributed by atoms with Gasteiger partial charge in [-0.1, -0.05) is 115 Å². The Bertz CT molecular complexity index is 2860. The van der Waals surface area contributed by atoms with Crippen LogP contribution in [0.15, 0.2) is 174 Å². The van der Waals surface area contributed by atoms with Crippen LogP contribution in [0.1, 0.15) is 34.5 Å². The van der Waals surface area contributed by atoms with Gasteiger partial charge in [-0.2, -0.15) is 5.26 Å². The third kappa shape index (κ3) is 4.97. The molecule has 10 rings (SSSR count). The van der Waals surface area contributed by atoms with Crippen molar-refractivity contribution in [3.05, 3.63) is 192 Å². The number of rotatable bonds is 5. The summed E-state index contributed by atoms with van der Waals surface area (Å²) >= 11 is 0. The molecule has 52 heavy (non-hydrogen) atoms. The van der Waals surface area contributed by atoms with Gasteiger partial charge in [-0.3, -0.25) is 5.32 Å². The lowest BCUT2D eigenvalue weighted by molar-refractivity contribution is 0.442. The predicted molar refractivity (Wildman–Crippen MR) is 211 cm³/mol. The van der Waals surface area contributed by atoms with Crippen LogP contribution >= 0.6 is 0 Å². The van der Waals surface area contributed by atoms with Crippen LogP contribution in [0.2, 0.25) is 0 Å². The SMILES string of the molecule is N#Cc1cccc(C2=CC(c3ccccc3)NC(c3ccc(-n4c5ccc(-c6ccccc6)cc5c5ccc6c7ccccc7oc6c54)cc3)N2)c1. The molecule has 7 aromatic carbocycles. The van der Waals surface area contributed by atoms with Crippen LogP contribution in [0, 0.1) is 11.3 Å².